The molecule has 0 saturated carbocycles. The molecule has 0 aromatic rings. The van der Waals surface area contributed by atoms with Gasteiger partial charge in [-0.25, -0.2) is 0 Å². The minimum absolute atomic E-state index is 0.0399. The zero-order chi connectivity index (χ0) is 10.2. The van der Waals surface area contributed by atoms with Gasteiger partial charge in [-0.3, -0.25) is 4.79 Å². The largest absolute Gasteiger partial charge is 0.462 e. The highest BCUT2D eigenvalue weighted by Gasteiger charge is 2.26. The van der Waals surface area contributed by atoms with Crippen LogP contribution in [0.25, 0.3) is 0 Å². The topological polar surface area (TPSA) is 26.3 Å². The van der Waals surface area contributed by atoms with Crippen molar-refractivity contribution >= 4 is 5.97 Å². The number of hydrogen-bond donors (Lipinski definition) is 0. The fourth-order valence-corrected chi connectivity index (χ4v) is 1.55. The predicted molar refractivity (Wildman–Crippen MR) is 57.0 cm³/mol. The van der Waals surface area contributed by atoms with Gasteiger partial charge in [0.25, 0.3) is 0 Å². The minimum atomic E-state index is -0.0399. The lowest BCUT2D eigenvalue weighted by atomic mass is 10.1. The van der Waals surface area contributed by atoms with Crippen LogP contribution in [0.1, 0.15) is 51.9 Å². The van der Waals surface area contributed by atoms with Crippen LogP contribution in [0.5, 0.6) is 0 Å². The van der Waals surface area contributed by atoms with Gasteiger partial charge < -0.3 is 4.74 Å². The smallest absolute Gasteiger partial charge is 0.309 e. The highest BCUT2D eigenvalue weighted by molar-refractivity contribution is 5.75. The molecule has 1 heterocycles. The average molecular weight is 196 g/mol. The number of cyclic esters (lactones) is 1. The maximum absolute atomic E-state index is 10.5. The van der Waals surface area contributed by atoms with Crippen LogP contribution < -0.4 is 0 Å². The minimum Gasteiger partial charge on any atom is -0.462 e. The van der Waals surface area contributed by atoms with Crippen molar-refractivity contribution in [1.82, 2.24) is 0 Å². The number of esters is 1. The standard InChI is InChI=1S/C12H20O2/c1-2-3-4-5-6-7-8-9-11-10-12(13)14-11/h6-7,11H,2-5,8-10H2,1H3. The van der Waals surface area contributed by atoms with Gasteiger partial charge in [0.2, 0.25) is 0 Å². The summed E-state index contributed by atoms with van der Waals surface area (Å²) in [7, 11) is 0. The number of unbranched alkanes of at least 4 members (excludes halogenated alkanes) is 3. The van der Waals surface area contributed by atoms with Crippen LogP contribution in [0.3, 0.4) is 0 Å². The third-order valence-electron chi connectivity index (χ3n) is 2.49. The first-order chi connectivity index (χ1) is 6.83. The molecule has 0 aliphatic carbocycles. The van der Waals surface area contributed by atoms with Crippen molar-refractivity contribution in [3.05, 3.63) is 12.2 Å². The van der Waals surface area contributed by atoms with E-state index < -0.39 is 0 Å². The summed E-state index contributed by atoms with van der Waals surface area (Å²) < 4.78 is 4.91. The van der Waals surface area contributed by atoms with Gasteiger partial charge in [0.05, 0.1) is 6.42 Å². The van der Waals surface area contributed by atoms with Crippen LogP contribution in [0.2, 0.25) is 0 Å². The normalized spacial score (nSPS) is 20.9. The van der Waals surface area contributed by atoms with Crippen molar-refractivity contribution in [2.45, 2.75) is 58.0 Å². The van der Waals surface area contributed by atoms with Gasteiger partial charge in [0.15, 0.2) is 0 Å². The quantitative estimate of drug-likeness (QED) is 0.355. The van der Waals surface area contributed by atoms with Gasteiger partial charge >= 0.3 is 5.97 Å². The summed E-state index contributed by atoms with van der Waals surface area (Å²) in [6.45, 7) is 2.22. The second-order valence-electron chi connectivity index (χ2n) is 3.86. The molecule has 0 N–H and O–H groups in total. The summed E-state index contributed by atoms with van der Waals surface area (Å²) in [5, 5.41) is 0. The van der Waals surface area contributed by atoms with Crippen LogP contribution in [-0.4, -0.2) is 12.1 Å². The van der Waals surface area contributed by atoms with Crippen molar-refractivity contribution in [3.63, 3.8) is 0 Å². The summed E-state index contributed by atoms with van der Waals surface area (Å²) in [4.78, 5) is 10.5. The van der Waals surface area contributed by atoms with Crippen molar-refractivity contribution in [1.29, 1.82) is 0 Å². The summed E-state index contributed by atoms with van der Waals surface area (Å²) in [5.74, 6) is -0.0399. The van der Waals surface area contributed by atoms with Crippen LogP contribution in [0, 0.1) is 0 Å². The monoisotopic (exact) mass is 196 g/mol. The molecule has 1 aliphatic heterocycles. The molecule has 0 aromatic carbocycles. The zero-order valence-electron chi connectivity index (χ0n) is 9.00. The Kier molecular flexibility index (Phi) is 5.35. The van der Waals surface area contributed by atoms with Crippen molar-refractivity contribution in [2.24, 2.45) is 0 Å². The van der Waals surface area contributed by atoms with Gasteiger partial charge in [0, 0.05) is 0 Å². The lowest BCUT2D eigenvalue weighted by molar-refractivity contribution is -0.169. The van der Waals surface area contributed by atoms with E-state index in [1.54, 1.807) is 0 Å². The van der Waals surface area contributed by atoms with E-state index >= 15 is 0 Å². The summed E-state index contributed by atoms with van der Waals surface area (Å²) >= 11 is 0. The molecule has 1 fully saturated rings. The van der Waals surface area contributed by atoms with Crippen molar-refractivity contribution in [2.75, 3.05) is 0 Å². The maximum atomic E-state index is 10.5. The van der Waals surface area contributed by atoms with E-state index in [2.05, 4.69) is 19.1 Å². The number of rotatable bonds is 7. The Labute approximate surface area is 86.3 Å². The molecule has 0 aromatic heterocycles. The molecule has 1 rings (SSSR count). The molecule has 1 unspecified atom stereocenters. The van der Waals surface area contributed by atoms with E-state index in [1.165, 1.54) is 25.7 Å². The molecule has 1 saturated heterocycles. The van der Waals surface area contributed by atoms with E-state index in [4.69, 9.17) is 4.74 Å². The van der Waals surface area contributed by atoms with E-state index in [1.807, 2.05) is 0 Å². The Bertz CT molecular complexity index is 188. The van der Waals surface area contributed by atoms with Gasteiger partial charge in [0.1, 0.15) is 6.10 Å². The first-order valence-electron chi connectivity index (χ1n) is 5.67. The molecule has 1 atom stereocenters. The van der Waals surface area contributed by atoms with Gasteiger partial charge in [-0.15, -0.1) is 0 Å². The Hall–Kier alpha value is -0.790. The average Bonchev–Trinajstić information content (AvgIpc) is 2.13. The van der Waals surface area contributed by atoms with Crippen LogP contribution >= 0.6 is 0 Å². The molecular weight excluding hydrogens is 176 g/mol. The predicted octanol–water partition coefficient (Wildman–Crippen LogP) is 3.22. The van der Waals surface area contributed by atoms with E-state index in [0.717, 1.165) is 12.8 Å². The molecule has 80 valence electrons. The molecule has 2 nitrogen and oxygen atoms in total. The number of allylic oxidation sites excluding steroid dienone is 2. The molecule has 14 heavy (non-hydrogen) atoms. The number of carbonyl (C=O) groups is 1. The number of ether oxygens (including phenoxy) is 1. The molecule has 0 spiro atoms. The number of carbonyl (C=O) groups excluding carboxylic acids is 1. The third kappa shape index (κ3) is 4.45. The van der Waals surface area contributed by atoms with Crippen LogP contribution in [0.15, 0.2) is 12.2 Å². The van der Waals surface area contributed by atoms with E-state index in [9.17, 15) is 4.79 Å². The Morgan fingerprint density at radius 3 is 2.71 bits per heavy atom. The van der Waals surface area contributed by atoms with Gasteiger partial charge in [-0.2, -0.15) is 0 Å². The fraction of sp³-hybridized carbons (Fsp3) is 0.750. The fourth-order valence-electron chi connectivity index (χ4n) is 1.55. The molecule has 0 bridgehead atoms. The second kappa shape index (κ2) is 6.63. The van der Waals surface area contributed by atoms with Gasteiger partial charge in [-0.1, -0.05) is 31.9 Å². The van der Waals surface area contributed by atoms with Crippen molar-refractivity contribution < 1.29 is 9.53 Å². The van der Waals surface area contributed by atoms with E-state index in [-0.39, 0.29) is 12.1 Å². The third-order valence-corrected chi connectivity index (χ3v) is 2.49. The summed E-state index contributed by atoms with van der Waals surface area (Å²) in [6, 6.07) is 0. The van der Waals surface area contributed by atoms with Crippen LogP contribution in [0.4, 0.5) is 0 Å². The Morgan fingerprint density at radius 2 is 2.07 bits per heavy atom. The summed E-state index contributed by atoms with van der Waals surface area (Å²) in [6.07, 6.45) is 12.4. The lowest BCUT2D eigenvalue weighted by Gasteiger charge is -2.24. The second-order valence-corrected chi connectivity index (χ2v) is 3.86. The highest BCUT2D eigenvalue weighted by Crippen LogP contribution is 2.18. The first kappa shape index (κ1) is 11.3. The lowest BCUT2D eigenvalue weighted by Crippen LogP contribution is -2.32. The zero-order valence-corrected chi connectivity index (χ0v) is 9.00. The summed E-state index contributed by atoms with van der Waals surface area (Å²) in [5.41, 5.74) is 0. The van der Waals surface area contributed by atoms with Crippen molar-refractivity contribution in [3.8, 4) is 0 Å². The van der Waals surface area contributed by atoms with E-state index in [0.29, 0.717) is 6.42 Å². The Balaban J connectivity index is 1.85. The Morgan fingerprint density at radius 1 is 1.36 bits per heavy atom. The van der Waals surface area contributed by atoms with Crippen LogP contribution in [-0.2, 0) is 9.53 Å². The van der Waals surface area contributed by atoms with Gasteiger partial charge in [-0.05, 0) is 25.7 Å². The molecular formula is C12H20O2. The molecule has 0 amide bonds. The highest BCUT2D eigenvalue weighted by atomic mass is 16.6. The first-order valence-corrected chi connectivity index (χ1v) is 5.67. The molecule has 1 aliphatic rings. The molecule has 2 heteroatoms. The SMILES string of the molecule is CCCCCC=CCCC1CC(=O)O1. The number of hydrogen-bond acceptors (Lipinski definition) is 2. The maximum Gasteiger partial charge on any atom is 0.309 e. The molecule has 0 radical (unpaired) electrons.